The number of methoxy groups -OCH3 is 1. The number of fused-ring (bicyclic) bond motifs is 1. The van der Waals surface area contributed by atoms with Gasteiger partial charge >= 0.3 is 0 Å². The van der Waals surface area contributed by atoms with E-state index in [1.807, 2.05) is 0 Å². The van der Waals surface area contributed by atoms with Gasteiger partial charge in [0.1, 0.15) is 29.9 Å². The number of rotatable bonds is 11. The molecule has 230 valence electrons. The number of ether oxygens (including phenoxy) is 2. The van der Waals surface area contributed by atoms with E-state index in [1.54, 1.807) is 16.7 Å². The van der Waals surface area contributed by atoms with Gasteiger partial charge in [0.25, 0.3) is 12.3 Å². The molecule has 3 aromatic carbocycles. The van der Waals surface area contributed by atoms with Gasteiger partial charge in [-0.3, -0.25) is 0 Å². The van der Waals surface area contributed by atoms with Gasteiger partial charge in [0.15, 0.2) is 12.1 Å². The number of imidazole rings is 1. The average Bonchev–Trinajstić information content (AvgIpc) is 3.33. The third kappa shape index (κ3) is 6.54. The number of nitrogens with zero attached hydrogens (tertiary/aromatic N) is 3. The van der Waals surface area contributed by atoms with Crippen LogP contribution in [0.25, 0.3) is 22.3 Å². The number of hydrogen-bond acceptors (Lipinski definition) is 6. The summed E-state index contributed by atoms with van der Waals surface area (Å²) in [4.78, 5) is 8.45. The van der Waals surface area contributed by atoms with Crippen LogP contribution in [0, 0.1) is 23.3 Å². The van der Waals surface area contributed by atoms with Crippen molar-refractivity contribution in [1.29, 1.82) is 0 Å². The van der Waals surface area contributed by atoms with Crippen molar-refractivity contribution in [2.75, 3.05) is 13.7 Å². The molecule has 0 amide bonds. The number of hydrogen-bond donors (Lipinski definition) is 2. The van der Waals surface area contributed by atoms with E-state index in [-0.39, 0.29) is 41.0 Å². The van der Waals surface area contributed by atoms with Gasteiger partial charge in [-0.15, -0.1) is 0 Å². The summed E-state index contributed by atoms with van der Waals surface area (Å²) >= 11 is 0. The van der Waals surface area contributed by atoms with Crippen molar-refractivity contribution in [2.24, 2.45) is 0 Å². The first-order valence-electron chi connectivity index (χ1n) is 13.2. The van der Waals surface area contributed by atoms with Gasteiger partial charge < -0.3 is 24.3 Å². The molecule has 0 aliphatic rings. The third-order valence-electron chi connectivity index (χ3n) is 6.94. The molecule has 0 spiro atoms. The smallest absolute Gasteiger partial charge is 0.263 e. The van der Waals surface area contributed by atoms with Gasteiger partial charge in [-0.05, 0) is 48.0 Å². The van der Waals surface area contributed by atoms with Crippen molar-refractivity contribution in [1.82, 2.24) is 14.5 Å². The van der Waals surface area contributed by atoms with Crippen molar-refractivity contribution in [3.05, 3.63) is 112 Å². The van der Waals surface area contributed by atoms with Crippen LogP contribution in [-0.2, 0) is 24.3 Å². The Morgan fingerprint density at radius 2 is 1.55 bits per heavy atom. The van der Waals surface area contributed by atoms with Crippen LogP contribution in [-0.4, -0.2) is 38.5 Å². The van der Waals surface area contributed by atoms with Crippen molar-refractivity contribution < 1.29 is 46.0 Å². The second-order valence-electron chi connectivity index (χ2n) is 9.82. The number of pyridine rings is 1. The Hall–Kier alpha value is -4.46. The molecule has 13 heteroatoms. The number of aliphatic hydroxyl groups excluding tert-OH is 1. The van der Waals surface area contributed by atoms with Crippen LogP contribution in [0.15, 0.2) is 60.7 Å². The lowest BCUT2D eigenvalue weighted by atomic mass is 10.0. The Bertz CT molecular complexity index is 1810. The molecule has 0 atom stereocenters. The van der Waals surface area contributed by atoms with Crippen molar-refractivity contribution in [3.63, 3.8) is 0 Å². The van der Waals surface area contributed by atoms with Crippen molar-refractivity contribution in [3.8, 4) is 17.1 Å². The number of halogens is 6. The number of benzene rings is 3. The molecule has 0 saturated carbocycles. The topological polar surface area (TPSA) is 89.6 Å². The molecule has 0 unspecified atom stereocenters. The molecule has 5 rings (SSSR count). The summed E-state index contributed by atoms with van der Waals surface area (Å²) < 4.78 is 97.1. The first-order valence-corrected chi connectivity index (χ1v) is 13.2. The minimum Gasteiger partial charge on any atom is -0.471 e. The van der Waals surface area contributed by atoms with Crippen molar-refractivity contribution in [2.45, 2.75) is 32.3 Å². The molecular formula is C31H25F6N3O4. The molecule has 0 bridgehead atoms. The Morgan fingerprint density at radius 3 is 2.25 bits per heavy atom. The highest BCUT2D eigenvalue weighted by atomic mass is 19.3. The second-order valence-corrected chi connectivity index (χ2v) is 9.82. The van der Waals surface area contributed by atoms with Crippen LogP contribution in [0.5, 0.6) is 5.88 Å². The predicted octanol–water partition coefficient (Wildman–Crippen LogP) is 6.39. The normalized spacial score (nSPS) is 11.7. The van der Waals surface area contributed by atoms with Gasteiger partial charge in [0.2, 0.25) is 0 Å². The Labute approximate surface area is 247 Å². The summed E-state index contributed by atoms with van der Waals surface area (Å²) in [7, 11) is 1.50. The number of alkyl halides is 2. The van der Waals surface area contributed by atoms with Gasteiger partial charge in [0, 0.05) is 42.3 Å². The van der Waals surface area contributed by atoms with E-state index in [4.69, 9.17) is 9.47 Å². The summed E-state index contributed by atoms with van der Waals surface area (Å²) in [6.45, 7) is 0.0216. The molecule has 7 nitrogen and oxygen atoms in total. The fourth-order valence-electron chi connectivity index (χ4n) is 4.64. The monoisotopic (exact) mass is 617 g/mol. The maximum atomic E-state index is 15.4. The molecule has 5 aromatic rings. The van der Waals surface area contributed by atoms with E-state index in [0.29, 0.717) is 29.5 Å². The summed E-state index contributed by atoms with van der Waals surface area (Å²) in [5.74, 6) is -3.86. The van der Waals surface area contributed by atoms with Crippen LogP contribution in [0.4, 0.5) is 26.3 Å². The van der Waals surface area contributed by atoms with Gasteiger partial charge in [-0.2, -0.15) is 0 Å². The highest BCUT2D eigenvalue weighted by Crippen LogP contribution is 2.30. The van der Waals surface area contributed by atoms with E-state index in [9.17, 15) is 27.8 Å². The van der Waals surface area contributed by atoms with Crippen molar-refractivity contribution >= 4 is 11.0 Å². The van der Waals surface area contributed by atoms with E-state index in [1.165, 1.54) is 13.2 Å². The van der Waals surface area contributed by atoms with Crippen LogP contribution in [0.2, 0.25) is 0 Å². The molecular weight excluding hydrogens is 592 g/mol. The highest BCUT2D eigenvalue weighted by Gasteiger charge is 2.20. The Kier molecular flexibility index (Phi) is 9.18. The molecule has 0 fully saturated rings. The molecule has 2 aromatic heterocycles. The Balaban J connectivity index is 1.41. The summed E-state index contributed by atoms with van der Waals surface area (Å²) in [6.07, 6.45) is -4.71. The first-order chi connectivity index (χ1) is 21.0. The standard InChI is InChI=1S/C31H25F6N3O4/c1-43-9-8-40-27-12-17(31(41)42)4-6-26(27)38-28(40)13-19-11-24(35)20(14-23(19)34)25-7-5-21(32)30(39-25)44-15-18-3-2-16(29(36)37)10-22(18)33/h2-7,10-12,14,29,31,41-42H,8-9,13,15H2,1H3. The molecule has 2 heterocycles. The zero-order chi connectivity index (χ0) is 31.5. The lowest BCUT2D eigenvalue weighted by Gasteiger charge is -2.12. The summed E-state index contributed by atoms with van der Waals surface area (Å²) in [5.41, 5.74) is 0.125. The lowest BCUT2D eigenvalue weighted by Crippen LogP contribution is -2.10. The Morgan fingerprint density at radius 1 is 0.795 bits per heavy atom. The quantitative estimate of drug-likeness (QED) is 0.132. The van der Waals surface area contributed by atoms with Gasteiger partial charge in [-0.25, -0.2) is 36.3 Å². The third-order valence-corrected chi connectivity index (χ3v) is 6.94. The largest absolute Gasteiger partial charge is 0.471 e. The fraction of sp³-hybridized carbons (Fsp3) is 0.226. The first kappa shape index (κ1) is 31.0. The lowest BCUT2D eigenvalue weighted by molar-refractivity contribution is -0.0424. The number of aromatic nitrogens is 3. The minimum atomic E-state index is -2.87. The summed E-state index contributed by atoms with van der Waals surface area (Å²) in [5, 5.41) is 19.1. The number of aliphatic hydroxyl groups is 2. The van der Waals surface area contributed by atoms with E-state index in [0.717, 1.165) is 36.4 Å². The van der Waals surface area contributed by atoms with Crippen LogP contribution in [0.3, 0.4) is 0 Å². The van der Waals surface area contributed by atoms with Crippen LogP contribution >= 0.6 is 0 Å². The van der Waals surface area contributed by atoms with E-state index >= 15 is 8.78 Å². The maximum absolute atomic E-state index is 15.4. The fourth-order valence-corrected chi connectivity index (χ4v) is 4.64. The zero-order valence-electron chi connectivity index (χ0n) is 23.1. The van der Waals surface area contributed by atoms with E-state index < -0.39 is 54.0 Å². The SMILES string of the molecule is COCCn1c(Cc2cc(F)c(-c3ccc(F)c(OCc4ccc(C(F)F)cc4F)n3)cc2F)nc2ccc(C(O)O)cc21. The zero-order valence-corrected chi connectivity index (χ0v) is 23.1. The molecule has 2 N–H and O–H groups in total. The van der Waals surface area contributed by atoms with Gasteiger partial charge in [0.05, 0.1) is 23.3 Å². The molecule has 0 radical (unpaired) electrons. The van der Waals surface area contributed by atoms with Crippen LogP contribution in [0.1, 0.15) is 40.8 Å². The highest BCUT2D eigenvalue weighted by molar-refractivity contribution is 5.77. The van der Waals surface area contributed by atoms with E-state index in [2.05, 4.69) is 9.97 Å². The second kappa shape index (κ2) is 13.0. The van der Waals surface area contributed by atoms with Gasteiger partial charge in [-0.1, -0.05) is 18.2 Å². The predicted molar refractivity (Wildman–Crippen MR) is 147 cm³/mol. The molecule has 44 heavy (non-hydrogen) atoms. The summed E-state index contributed by atoms with van der Waals surface area (Å²) in [6, 6.07) is 11.3. The average molecular weight is 618 g/mol. The minimum absolute atomic E-state index is 0.0380. The maximum Gasteiger partial charge on any atom is 0.263 e. The molecule has 0 saturated heterocycles. The van der Waals surface area contributed by atoms with Crippen LogP contribution < -0.4 is 4.74 Å². The molecule has 0 aliphatic carbocycles. The molecule has 0 aliphatic heterocycles.